The molecule has 1 aromatic heterocycles. The van der Waals surface area contributed by atoms with Crippen LogP contribution in [0, 0.1) is 5.92 Å². The molecule has 0 bridgehead atoms. The number of hydrogen-bond acceptors (Lipinski definition) is 7. The molecule has 0 unspecified atom stereocenters. The van der Waals surface area contributed by atoms with E-state index in [9.17, 15) is 4.79 Å². The van der Waals surface area contributed by atoms with Gasteiger partial charge in [-0.25, -0.2) is 4.68 Å². The fraction of sp³-hybridized carbons (Fsp3) is 0.348. The Balaban J connectivity index is 1.74. The standard InChI is InChI=1S/C23H27N5O4/c1-5-32-18-11-10-15(12-19(18)31-4)21-20(14(2)26-23-24-13-25-28(21)23)22(29)27-16-8-6-7-9-17(16)30-3/h6-14,20-21H,5H2,1-4H3,(H,27,29)(H,24,25,26)/t14-,20-,21-/m0/s1. The van der Waals surface area contributed by atoms with Crippen molar-refractivity contribution in [2.24, 2.45) is 5.92 Å². The van der Waals surface area contributed by atoms with Gasteiger partial charge >= 0.3 is 0 Å². The number of carbonyl (C=O) groups is 1. The number of rotatable bonds is 7. The molecule has 3 atom stereocenters. The van der Waals surface area contributed by atoms with Crippen LogP contribution in [0.15, 0.2) is 48.8 Å². The van der Waals surface area contributed by atoms with E-state index in [1.807, 2.05) is 56.3 Å². The van der Waals surface area contributed by atoms with Gasteiger partial charge in [0.05, 0.1) is 38.5 Å². The Bertz CT molecular complexity index is 1100. The van der Waals surface area contributed by atoms with Gasteiger partial charge in [0.15, 0.2) is 11.5 Å². The Hall–Kier alpha value is -3.75. The third-order valence-electron chi connectivity index (χ3n) is 5.57. The number of benzene rings is 2. The second-order valence-corrected chi connectivity index (χ2v) is 7.46. The van der Waals surface area contributed by atoms with Gasteiger partial charge in [-0.05, 0) is 43.7 Å². The average Bonchev–Trinajstić information content (AvgIpc) is 3.27. The summed E-state index contributed by atoms with van der Waals surface area (Å²) in [6, 6.07) is 12.4. The maximum absolute atomic E-state index is 13.6. The summed E-state index contributed by atoms with van der Waals surface area (Å²) in [7, 11) is 3.17. The van der Waals surface area contributed by atoms with Gasteiger partial charge < -0.3 is 24.8 Å². The van der Waals surface area contributed by atoms with Crippen molar-refractivity contribution in [2.45, 2.75) is 25.9 Å². The Kier molecular flexibility index (Phi) is 6.16. The van der Waals surface area contributed by atoms with Gasteiger partial charge in [-0.1, -0.05) is 18.2 Å². The maximum Gasteiger partial charge on any atom is 0.232 e. The lowest BCUT2D eigenvalue weighted by Gasteiger charge is -2.37. The first-order valence-electron chi connectivity index (χ1n) is 10.5. The number of carbonyl (C=O) groups excluding carboxylic acids is 1. The molecule has 1 amide bonds. The number of hydrogen-bond donors (Lipinski definition) is 2. The van der Waals surface area contributed by atoms with Gasteiger partial charge in [-0.15, -0.1) is 0 Å². The van der Waals surface area contributed by atoms with Crippen LogP contribution < -0.4 is 24.8 Å². The Morgan fingerprint density at radius 1 is 1.12 bits per heavy atom. The zero-order valence-corrected chi connectivity index (χ0v) is 18.5. The predicted octanol–water partition coefficient (Wildman–Crippen LogP) is 3.35. The van der Waals surface area contributed by atoms with Gasteiger partial charge in [0.2, 0.25) is 11.9 Å². The van der Waals surface area contributed by atoms with Crippen LogP contribution in [0.25, 0.3) is 0 Å². The molecule has 0 fully saturated rings. The van der Waals surface area contributed by atoms with Crippen molar-refractivity contribution in [3.63, 3.8) is 0 Å². The van der Waals surface area contributed by atoms with E-state index in [0.29, 0.717) is 35.5 Å². The maximum atomic E-state index is 13.6. The minimum atomic E-state index is -0.489. The van der Waals surface area contributed by atoms with Crippen LogP contribution in [-0.2, 0) is 4.79 Å². The predicted molar refractivity (Wildman–Crippen MR) is 121 cm³/mol. The molecule has 168 valence electrons. The molecule has 0 saturated heterocycles. The van der Waals surface area contributed by atoms with Gasteiger partial charge in [-0.3, -0.25) is 4.79 Å². The lowest BCUT2D eigenvalue weighted by molar-refractivity contribution is -0.121. The molecular weight excluding hydrogens is 410 g/mol. The van der Waals surface area contributed by atoms with Crippen LogP contribution in [0.1, 0.15) is 25.5 Å². The first-order valence-corrected chi connectivity index (χ1v) is 10.5. The summed E-state index contributed by atoms with van der Waals surface area (Å²) >= 11 is 0. The van der Waals surface area contributed by atoms with Crippen molar-refractivity contribution in [3.05, 3.63) is 54.4 Å². The number of amides is 1. The summed E-state index contributed by atoms with van der Waals surface area (Å²) < 4.78 is 18.3. The minimum Gasteiger partial charge on any atom is -0.495 e. The lowest BCUT2D eigenvalue weighted by Crippen LogP contribution is -2.46. The third-order valence-corrected chi connectivity index (χ3v) is 5.57. The monoisotopic (exact) mass is 437 g/mol. The largest absolute Gasteiger partial charge is 0.495 e. The van der Waals surface area contributed by atoms with Crippen LogP contribution in [0.4, 0.5) is 11.6 Å². The second kappa shape index (κ2) is 9.17. The smallest absolute Gasteiger partial charge is 0.232 e. The van der Waals surface area contributed by atoms with E-state index in [1.54, 1.807) is 18.9 Å². The van der Waals surface area contributed by atoms with E-state index in [4.69, 9.17) is 14.2 Å². The molecule has 3 aromatic rings. The van der Waals surface area contributed by atoms with Gasteiger partial charge in [-0.2, -0.15) is 10.1 Å². The zero-order chi connectivity index (χ0) is 22.7. The van der Waals surface area contributed by atoms with E-state index in [2.05, 4.69) is 20.7 Å². The first kappa shape index (κ1) is 21.5. The molecule has 0 saturated carbocycles. The summed E-state index contributed by atoms with van der Waals surface area (Å²) in [6.45, 7) is 4.41. The van der Waals surface area contributed by atoms with Crippen LogP contribution in [0.5, 0.6) is 17.2 Å². The molecule has 9 nitrogen and oxygen atoms in total. The highest BCUT2D eigenvalue weighted by Gasteiger charge is 2.41. The van der Waals surface area contributed by atoms with Crippen LogP contribution in [0.2, 0.25) is 0 Å². The summed E-state index contributed by atoms with van der Waals surface area (Å²) in [5.74, 6) is 1.80. The number of fused-ring (bicyclic) bond motifs is 1. The fourth-order valence-corrected chi connectivity index (χ4v) is 4.10. The molecule has 1 aliphatic heterocycles. The van der Waals surface area contributed by atoms with Gasteiger partial charge in [0.1, 0.15) is 12.1 Å². The summed E-state index contributed by atoms with van der Waals surface area (Å²) in [6.07, 6.45) is 1.48. The van der Waals surface area contributed by atoms with Crippen molar-refractivity contribution in [1.29, 1.82) is 0 Å². The quantitative estimate of drug-likeness (QED) is 0.585. The van der Waals surface area contributed by atoms with Crippen molar-refractivity contribution in [2.75, 3.05) is 31.5 Å². The van der Waals surface area contributed by atoms with E-state index < -0.39 is 12.0 Å². The summed E-state index contributed by atoms with van der Waals surface area (Å²) in [4.78, 5) is 17.9. The fourth-order valence-electron chi connectivity index (χ4n) is 4.10. The van der Waals surface area contributed by atoms with Crippen LogP contribution in [0.3, 0.4) is 0 Å². The van der Waals surface area contributed by atoms with Gasteiger partial charge in [0, 0.05) is 6.04 Å². The van der Waals surface area contributed by atoms with E-state index in [0.717, 1.165) is 5.56 Å². The van der Waals surface area contributed by atoms with Crippen molar-refractivity contribution in [3.8, 4) is 17.2 Å². The van der Waals surface area contributed by atoms with E-state index in [-0.39, 0.29) is 11.9 Å². The molecule has 0 radical (unpaired) electrons. The molecule has 0 spiro atoms. The molecule has 4 rings (SSSR count). The molecule has 0 aliphatic carbocycles. The van der Waals surface area contributed by atoms with Crippen molar-refractivity contribution >= 4 is 17.5 Å². The highest BCUT2D eigenvalue weighted by Crippen LogP contribution is 2.40. The average molecular weight is 438 g/mol. The Labute approximate surface area is 186 Å². The number of methoxy groups -OCH3 is 2. The Morgan fingerprint density at radius 3 is 2.66 bits per heavy atom. The molecule has 2 heterocycles. The van der Waals surface area contributed by atoms with Gasteiger partial charge in [0.25, 0.3) is 0 Å². The number of para-hydroxylation sites is 2. The normalized spacial score (nSPS) is 19.4. The van der Waals surface area contributed by atoms with E-state index in [1.165, 1.54) is 6.33 Å². The van der Waals surface area contributed by atoms with Crippen LogP contribution in [-0.4, -0.2) is 47.5 Å². The van der Waals surface area contributed by atoms with Crippen LogP contribution >= 0.6 is 0 Å². The summed E-state index contributed by atoms with van der Waals surface area (Å²) in [5.41, 5.74) is 1.48. The molecule has 1 aliphatic rings. The summed E-state index contributed by atoms with van der Waals surface area (Å²) in [5, 5.41) is 10.7. The van der Waals surface area contributed by atoms with E-state index >= 15 is 0 Å². The van der Waals surface area contributed by atoms with Crippen molar-refractivity contribution in [1.82, 2.24) is 14.8 Å². The molecule has 9 heteroatoms. The molecule has 32 heavy (non-hydrogen) atoms. The number of ether oxygens (including phenoxy) is 3. The number of anilines is 2. The number of nitrogens with one attached hydrogen (secondary N) is 2. The molecular formula is C23H27N5O4. The number of aromatic nitrogens is 3. The second-order valence-electron chi connectivity index (χ2n) is 7.46. The lowest BCUT2D eigenvalue weighted by atomic mass is 9.85. The molecule has 2 N–H and O–H groups in total. The highest BCUT2D eigenvalue weighted by atomic mass is 16.5. The Morgan fingerprint density at radius 2 is 1.91 bits per heavy atom. The minimum absolute atomic E-state index is 0.159. The zero-order valence-electron chi connectivity index (χ0n) is 18.5. The third kappa shape index (κ3) is 3.93. The SMILES string of the molecule is CCOc1ccc([C@H]2[C@@H](C(=O)Nc3ccccc3OC)[C@H](C)Nc3ncnn32)cc1OC. The highest BCUT2D eigenvalue weighted by molar-refractivity contribution is 5.95. The first-order chi connectivity index (χ1) is 15.6. The molecule has 2 aromatic carbocycles. The van der Waals surface area contributed by atoms with Crippen molar-refractivity contribution < 1.29 is 19.0 Å². The number of nitrogens with zero attached hydrogens (tertiary/aromatic N) is 3. The topological polar surface area (TPSA) is 99.5 Å².